The van der Waals surface area contributed by atoms with Crippen LogP contribution >= 0.6 is 0 Å². The number of halogens is 3. The van der Waals surface area contributed by atoms with Gasteiger partial charge in [0.1, 0.15) is 0 Å². The molecule has 0 heterocycles. The van der Waals surface area contributed by atoms with Gasteiger partial charge >= 0.3 is 118 Å². The van der Waals surface area contributed by atoms with E-state index in [1.54, 1.807) is 0 Å². The van der Waals surface area contributed by atoms with Crippen LogP contribution in [0.15, 0.2) is 0 Å². The Kier molecular flexibility index (Phi) is 3880. The van der Waals surface area contributed by atoms with Gasteiger partial charge in [0.05, 0.1) is 0 Å². The number of hydrogen-bond acceptors (Lipinski definition) is 0. The van der Waals surface area contributed by atoms with E-state index in [1.165, 1.54) is 0 Å². The van der Waals surface area contributed by atoms with Crippen LogP contribution in [0.1, 0.15) is 0 Å². The Bertz CT molecular complexity index is 31.6. The van der Waals surface area contributed by atoms with Crippen LogP contribution in [0.4, 0.5) is 0 Å². The van der Waals surface area contributed by atoms with Crippen molar-refractivity contribution in [1.29, 1.82) is 0 Å². The summed E-state index contributed by atoms with van der Waals surface area (Å²) in [6.45, 7) is 0. The molecule has 0 amide bonds. The molecule has 0 unspecified atom stereocenters. The summed E-state index contributed by atoms with van der Waals surface area (Å²) in [4.78, 5) is 0. The number of hydrogen-bond donors (Lipinski definition) is 0. The molecule has 16 heavy (non-hydrogen) atoms. The molecule has 0 saturated carbocycles. The first-order valence-corrected chi connectivity index (χ1v) is 0. The van der Waals surface area contributed by atoms with Crippen molar-refractivity contribution < 1.29 is 236 Å². The van der Waals surface area contributed by atoms with E-state index in [-0.39, 0.29) is 244 Å². The topological polar surface area (TPSA) is 220 Å². The average molecular weight is 479 g/mol. The smallest absolute Gasteiger partial charge is 1.00 e. The van der Waals surface area contributed by atoms with Crippen LogP contribution in [0.2, 0.25) is 0 Å². The molecule has 0 aromatic rings. The van der Waals surface area contributed by atoms with Gasteiger partial charge < -0.3 is 75.6 Å². The summed E-state index contributed by atoms with van der Waals surface area (Å²) < 4.78 is 0. The predicted molar refractivity (Wildman–Crippen MR) is 36.6 cm³/mol. The molecule has 0 rings (SSSR count). The molecule has 0 aromatic heterocycles. The van der Waals surface area contributed by atoms with E-state index in [0.29, 0.717) is 0 Å². The maximum atomic E-state index is 0. The molecule has 16 heteroatoms. The van der Waals surface area contributed by atoms with Crippen LogP contribution in [0.25, 0.3) is 0 Å². The van der Waals surface area contributed by atoms with Gasteiger partial charge in [-0.25, -0.2) is 0 Å². The Hall–Kier alpha value is 6.03. The van der Waals surface area contributed by atoms with Crippen LogP contribution < -0.4 is 155 Å². The molecule has 0 aliphatic heterocycles. The van der Waals surface area contributed by atoms with Crippen molar-refractivity contribution in [2.45, 2.75) is 0 Å². The van der Waals surface area contributed by atoms with Crippen molar-refractivity contribution >= 4 is 8.41 Å². The molecular formula is H18BCeCl3Na4O7. The summed E-state index contributed by atoms with van der Waals surface area (Å²) in [6, 6.07) is 0. The summed E-state index contributed by atoms with van der Waals surface area (Å²) in [6.07, 6.45) is 0. The first-order chi connectivity index (χ1) is 0. The summed E-state index contributed by atoms with van der Waals surface area (Å²) in [5, 5.41) is 0. The van der Waals surface area contributed by atoms with Crippen molar-refractivity contribution in [3.63, 3.8) is 0 Å². The summed E-state index contributed by atoms with van der Waals surface area (Å²) >= 11 is 0. The Balaban J connectivity index is 0. The zero-order valence-corrected chi connectivity index (χ0v) is 22.5. The van der Waals surface area contributed by atoms with Gasteiger partial charge in [0.2, 0.25) is 0 Å². The average Bonchev–Trinajstić information content (AvgIpc) is 0. The summed E-state index contributed by atoms with van der Waals surface area (Å²) in [5.41, 5.74) is 0. The van der Waals surface area contributed by atoms with Gasteiger partial charge in [-0.1, -0.05) is 8.41 Å². The molecule has 0 saturated heterocycles. The molecular weight excluding hydrogens is 461 g/mol. The van der Waals surface area contributed by atoms with E-state index < -0.39 is 0 Å². The fourth-order valence-corrected chi connectivity index (χ4v) is 0. The third-order valence-electron chi connectivity index (χ3n) is 0. The van der Waals surface area contributed by atoms with Gasteiger partial charge in [-0.15, -0.1) is 0 Å². The van der Waals surface area contributed by atoms with Gasteiger partial charge in [0.25, 0.3) is 0 Å². The Morgan fingerprint density at radius 2 is 0.312 bits per heavy atom. The Labute approximate surface area is 238 Å². The molecule has 0 spiro atoms. The Morgan fingerprint density at radius 3 is 0.312 bits per heavy atom. The maximum Gasteiger partial charge on any atom is 1.00 e. The van der Waals surface area contributed by atoms with E-state index in [1.807, 2.05) is 0 Å². The second-order valence-corrected chi connectivity index (χ2v) is 0. The zero-order valence-electron chi connectivity index (χ0n) is 9.13. The van der Waals surface area contributed by atoms with Crippen LogP contribution in [0, 0.1) is 41.7 Å². The molecule has 0 radical (unpaired) electrons. The van der Waals surface area contributed by atoms with Crippen molar-refractivity contribution in [2.24, 2.45) is 0 Å². The van der Waals surface area contributed by atoms with Crippen molar-refractivity contribution in [3.8, 4) is 0 Å². The van der Waals surface area contributed by atoms with Crippen molar-refractivity contribution in [3.05, 3.63) is 0 Å². The molecule has 0 fully saturated rings. The van der Waals surface area contributed by atoms with Gasteiger partial charge in [-0.2, -0.15) is 0 Å². The normalized spacial score (nSPS) is 0. The fourth-order valence-electron chi connectivity index (χ4n) is 0. The first-order valence-electron chi connectivity index (χ1n) is 0. The van der Waals surface area contributed by atoms with Crippen LogP contribution in [0.5, 0.6) is 0 Å². The SMILES string of the molecule is O.O.O.O.O.O.O.[BH4-].[Ce].[Cl-].[Cl-].[Cl-].[Na+].[Na+].[Na+].[Na+]. The van der Waals surface area contributed by atoms with E-state index in [2.05, 4.69) is 0 Å². The van der Waals surface area contributed by atoms with E-state index in [0.717, 1.165) is 0 Å². The van der Waals surface area contributed by atoms with Crippen molar-refractivity contribution in [2.75, 3.05) is 0 Å². The maximum absolute atomic E-state index is 0. The molecule has 0 aliphatic carbocycles. The minimum Gasteiger partial charge on any atom is -1.00 e. The van der Waals surface area contributed by atoms with Crippen molar-refractivity contribution in [1.82, 2.24) is 0 Å². The quantitative estimate of drug-likeness (QED) is 0.295. The molecule has 7 nitrogen and oxygen atoms in total. The van der Waals surface area contributed by atoms with E-state index >= 15 is 0 Å². The third-order valence-corrected chi connectivity index (χ3v) is 0. The second kappa shape index (κ2) is 232. The van der Waals surface area contributed by atoms with Gasteiger partial charge in [-0.3, -0.25) is 0 Å². The van der Waals surface area contributed by atoms with Crippen LogP contribution in [-0.4, -0.2) is 46.7 Å². The molecule has 0 atom stereocenters. The fraction of sp³-hybridized carbons (Fsp3) is 0. The summed E-state index contributed by atoms with van der Waals surface area (Å²) in [5.74, 6) is 0. The molecule has 92 valence electrons. The van der Waals surface area contributed by atoms with E-state index in [9.17, 15) is 0 Å². The molecule has 0 aromatic carbocycles. The first kappa shape index (κ1) is 268. The minimum atomic E-state index is 0. The molecule has 0 bridgehead atoms. The summed E-state index contributed by atoms with van der Waals surface area (Å²) in [7, 11) is 0. The molecule has 14 N–H and O–H groups in total. The largest absolute Gasteiger partial charge is 1.00 e. The minimum absolute atomic E-state index is 0. The third kappa shape index (κ3) is 199. The predicted octanol–water partition coefficient (Wildman–Crippen LogP) is -28.2. The number of rotatable bonds is 0. The van der Waals surface area contributed by atoms with E-state index in [4.69, 9.17) is 0 Å². The monoisotopic (exact) mass is 478 g/mol. The zero-order chi connectivity index (χ0) is 0. The van der Waals surface area contributed by atoms with Crippen LogP contribution in [0.3, 0.4) is 0 Å². The standard InChI is InChI=1S/BH4.Ce.3ClH.4Na.7H2O/h1H4;;3*1H;;;;;7*1H2/q-1;;;;;4*+1;;;;;;;/p-3. The molecule has 0 aliphatic rings. The Morgan fingerprint density at radius 1 is 0.312 bits per heavy atom. The van der Waals surface area contributed by atoms with Gasteiger partial charge in [0.15, 0.2) is 0 Å². The van der Waals surface area contributed by atoms with Crippen LogP contribution in [-0.2, 0) is 0 Å². The van der Waals surface area contributed by atoms with Gasteiger partial charge in [0, 0.05) is 41.7 Å². The van der Waals surface area contributed by atoms with Gasteiger partial charge in [-0.05, 0) is 0 Å². The second-order valence-electron chi connectivity index (χ2n) is 0.